The van der Waals surface area contributed by atoms with E-state index in [1.165, 1.54) is 6.33 Å². The zero-order valence-corrected chi connectivity index (χ0v) is 10.5. The number of carboxylic acids is 1. The smallest absolute Gasteiger partial charge is 0.311 e. The second-order valence-corrected chi connectivity index (χ2v) is 4.38. The van der Waals surface area contributed by atoms with Gasteiger partial charge in [-0.3, -0.25) is 9.48 Å². The van der Waals surface area contributed by atoms with Gasteiger partial charge in [0.15, 0.2) is 0 Å². The van der Waals surface area contributed by atoms with E-state index in [9.17, 15) is 9.90 Å². The van der Waals surface area contributed by atoms with Crippen LogP contribution in [0.4, 0.5) is 0 Å². The van der Waals surface area contributed by atoms with Crippen molar-refractivity contribution in [3.8, 4) is 0 Å². The van der Waals surface area contributed by atoms with Crippen molar-refractivity contribution in [1.82, 2.24) is 14.8 Å². The number of aliphatic carboxylic acids is 1. The average molecular weight is 266 g/mol. The molecule has 2 aromatic rings. The van der Waals surface area contributed by atoms with Crippen LogP contribution in [-0.2, 0) is 18.3 Å². The summed E-state index contributed by atoms with van der Waals surface area (Å²) in [6.45, 7) is 0. The van der Waals surface area contributed by atoms with Crippen molar-refractivity contribution in [2.24, 2.45) is 7.05 Å². The lowest BCUT2D eigenvalue weighted by atomic mass is 9.95. The lowest BCUT2D eigenvalue weighted by Gasteiger charge is -2.12. The van der Waals surface area contributed by atoms with E-state index in [4.69, 9.17) is 11.6 Å². The minimum absolute atomic E-state index is 0.299. The molecular weight excluding hydrogens is 254 g/mol. The first-order valence-electron chi connectivity index (χ1n) is 5.39. The summed E-state index contributed by atoms with van der Waals surface area (Å²) in [6.07, 6.45) is 1.71. The molecule has 1 atom stereocenters. The zero-order chi connectivity index (χ0) is 13.1. The van der Waals surface area contributed by atoms with Crippen LogP contribution in [0, 0.1) is 0 Å². The molecule has 0 amide bonds. The Morgan fingerprint density at radius 3 is 2.61 bits per heavy atom. The van der Waals surface area contributed by atoms with Crippen LogP contribution in [0.25, 0.3) is 0 Å². The van der Waals surface area contributed by atoms with E-state index in [0.29, 0.717) is 22.8 Å². The fourth-order valence-corrected chi connectivity index (χ4v) is 1.86. The quantitative estimate of drug-likeness (QED) is 0.916. The summed E-state index contributed by atoms with van der Waals surface area (Å²) in [6, 6.07) is 6.81. The van der Waals surface area contributed by atoms with Crippen LogP contribution in [-0.4, -0.2) is 25.8 Å². The number of halogens is 1. The van der Waals surface area contributed by atoms with Gasteiger partial charge in [0.2, 0.25) is 0 Å². The van der Waals surface area contributed by atoms with Gasteiger partial charge in [0.25, 0.3) is 0 Å². The molecule has 0 fully saturated rings. The number of aromatic nitrogens is 3. The van der Waals surface area contributed by atoms with Gasteiger partial charge in [-0.15, -0.1) is 0 Å². The summed E-state index contributed by atoms with van der Waals surface area (Å²) in [4.78, 5) is 15.4. The number of aryl methyl sites for hydroxylation is 1. The fourth-order valence-electron chi connectivity index (χ4n) is 1.73. The van der Waals surface area contributed by atoms with Crippen LogP contribution in [0.3, 0.4) is 0 Å². The van der Waals surface area contributed by atoms with Crippen LogP contribution in [0.2, 0.25) is 5.02 Å². The van der Waals surface area contributed by atoms with Crippen LogP contribution < -0.4 is 0 Å². The summed E-state index contributed by atoms with van der Waals surface area (Å²) >= 11 is 5.79. The van der Waals surface area contributed by atoms with Crippen LogP contribution in [0.5, 0.6) is 0 Å². The second kappa shape index (κ2) is 5.18. The SMILES string of the molecule is Cn1ncnc1CC(C(=O)O)c1ccc(Cl)cc1. The highest BCUT2D eigenvalue weighted by Gasteiger charge is 2.22. The third-order valence-electron chi connectivity index (χ3n) is 2.76. The Kier molecular flexibility index (Phi) is 3.62. The number of carbonyl (C=O) groups is 1. The van der Waals surface area contributed by atoms with Gasteiger partial charge in [0.05, 0.1) is 5.92 Å². The maximum Gasteiger partial charge on any atom is 0.311 e. The first kappa shape index (κ1) is 12.6. The molecule has 0 saturated carbocycles. The molecule has 1 aromatic carbocycles. The number of carboxylic acid groups (broad SMARTS) is 1. The molecule has 6 heteroatoms. The number of nitrogens with zero attached hydrogens (tertiary/aromatic N) is 3. The molecule has 0 saturated heterocycles. The molecule has 1 N–H and O–H groups in total. The van der Waals surface area contributed by atoms with Crippen molar-refractivity contribution < 1.29 is 9.90 Å². The van der Waals surface area contributed by atoms with Crippen LogP contribution >= 0.6 is 11.6 Å². The van der Waals surface area contributed by atoms with Gasteiger partial charge in [0.1, 0.15) is 12.2 Å². The van der Waals surface area contributed by atoms with Crippen molar-refractivity contribution >= 4 is 17.6 Å². The molecule has 0 radical (unpaired) electrons. The minimum Gasteiger partial charge on any atom is -0.481 e. The highest BCUT2D eigenvalue weighted by Crippen LogP contribution is 2.22. The highest BCUT2D eigenvalue weighted by atomic mass is 35.5. The number of benzene rings is 1. The van der Waals surface area contributed by atoms with Gasteiger partial charge in [-0.25, -0.2) is 4.98 Å². The third kappa shape index (κ3) is 2.68. The summed E-state index contributed by atoms with van der Waals surface area (Å²) in [5, 5.41) is 13.8. The predicted molar refractivity (Wildman–Crippen MR) is 66.5 cm³/mol. The summed E-state index contributed by atoms with van der Waals surface area (Å²) in [5.74, 6) is -0.900. The van der Waals surface area contributed by atoms with Gasteiger partial charge in [-0.05, 0) is 17.7 Å². The van der Waals surface area contributed by atoms with E-state index in [1.54, 1.807) is 36.0 Å². The molecule has 94 valence electrons. The van der Waals surface area contributed by atoms with E-state index >= 15 is 0 Å². The molecular formula is C12H12ClN3O2. The average Bonchev–Trinajstić information content (AvgIpc) is 2.73. The molecule has 0 aliphatic heterocycles. The molecule has 0 bridgehead atoms. The van der Waals surface area contributed by atoms with Gasteiger partial charge in [-0.2, -0.15) is 5.10 Å². The molecule has 18 heavy (non-hydrogen) atoms. The molecule has 2 rings (SSSR count). The van der Waals surface area contributed by atoms with Crippen LogP contribution in [0.1, 0.15) is 17.3 Å². The lowest BCUT2D eigenvalue weighted by molar-refractivity contribution is -0.138. The first-order valence-corrected chi connectivity index (χ1v) is 5.77. The van der Waals surface area contributed by atoms with Gasteiger partial charge in [-0.1, -0.05) is 23.7 Å². The Hall–Kier alpha value is -1.88. The Balaban J connectivity index is 2.27. The Labute approximate surface area is 109 Å². The third-order valence-corrected chi connectivity index (χ3v) is 3.01. The fraction of sp³-hybridized carbons (Fsp3) is 0.250. The molecule has 0 aliphatic carbocycles. The normalized spacial score (nSPS) is 12.3. The van der Waals surface area contributed by atoms with Crippen molar-refractivity contribution in [1.29, 1.82) is 0 Å². The molecule has 1 unspecified atom stereocenters. The minimum atomic E-state index is -0.889. The molecule has 0 aliphatic rings. The Morgan fingerprint density at radius 1 is 1.44 bits per heavy atom. The number of hydrogen-bond acceptors (Lipinski definition) is 3. The van der Waals surface area contributed by atoms with E-state index in [2.05, 4.69) is 10.1 Å². The molecule has 5 nitrogen and oxygen atoms in total. The topological polar surface area (TPSA) is 68.0 Å². The van der Waals surface area contributed by atoms with Crippen molar-refractivity contribution in [3.63, 3.8) is 0 Å². The van der Waals surface area contributed by atoms with Gasteiger partial charge >= 0.3 is 5.97 Å². The standard InChI is InChI=1S/C12H12ClN3O2/c1-16-11(14-7-15-16)6-10(12(17)18)8-2-4-9(13)5-3-8/h2-5,7,10H,6H2,1H3,(H,17,18). The highest BCUT2D eigenvalue weighted by molar-refractivity contribution is 6.30. The largest absolute Gasteiger partial charge is 0.481 e. The Morgan fingerprint density at radius 2 is 2.11 bits per heavy atom. The van der Waals surface area contributed by atoms with E-state index in [1.807, 2.05) is 0 Å². The van der Waals surface area contributed by atoms with Gasteiger partial charge in [0, 0.05) is 18.5 Å². The van der Waals surface area contributed by atoms with E-state index in [0.717, 1.165) is 0 Å². The maximum atomic E-state index is 11.3. The molecule has 0 spiro atoms. The van der Waals surface area contributed by atoms with Crippen molar-refractivity contribution in [3.05, 3.63) is 47.0 Å². The lowest BCUT2D eigenvalue weighted by Crippen LogP contribution is -2.16. The number of hydrogen-bond donors (Lipinski definition) is 1. The molecule has 1 heterocycles. The summed E-state index contributed by atoms with van der Waals surface area (Å²) < 4.78 is 1.58. The monoisotopic (exact) mass is 265 g/mol. The summed E-state index contributed by atoms with van der Waals surface area (Å²) in [7, 11) is 1.74. The van der Waals surface area contributed by atoms with Crippen LogP contribution in [0.15, 0.2) is 30.6 Å². The van der Waals surface area contributed by atoms with Crippen molar-refractivity contribution in [2.75, 3.05) is 0 Å². The van der Waals surface area contributed by atoms with Gasteiger partial charge < -0.3 is 5.11 Å². The zero-order valence-electron chi connectivity index (χ0n) is 9.75. The van der Waals surface area contributed by atoms with Crippen molar-refractivity contribution in [2.45, 2.75) is 12.3 Å². The number of rotatable bonds is 4. The van der Waals surface area contributed by atoms with E-state index in [-0.39, 0.29) is 0 Å². The first-order chi connectivity index (χ1) is 8.58. The molecule has 1 aromatic heterocycles. The summed E-state index contributed by atoms with van der Waals surface area (Å²) in [5.41, 5.74) is 0.704. The maximum absolute atomic E-state index is 11.3. The Bertz CT molecular complexity index is 551. The predicted octanol–water partition coefficient (Wildman–Crippen LogP) is 1.88. The second-order valence-electron chi connectivity index (χ2n) is 3.95. The van der Waals surface area contributed by atoms with E-state index < -0.39 is 11.9 Å².